The molecule has 4 atom stereocenters. The fourth-order valence-corrected chi connectivity index (χ4v) is 5.83. The minimum atomic E-state index is -1.11. The van der Waals surface area contributed by atoms with Crippen LogP contribution in [-0.2, 0) is 9.22 Å². The number of hydrogen-bond donors (Lipinski definition) is 0. The van der Waals surface area contributed by atoms with E-state index < -0.39 is 14.1 Å². The molecule has 4 unspecified atom stereocenters. The van der Waals surface area contributed by atoms with E-state index in [4.69, 9.17) is 27.6 Å². The molecule has 2 nitrogen and oxygen atoms in total. The van der Waals surface area contributed by atoms with Crippen LogP contribution in [0, 0.1) is 17.8 Å². The number of Topliss-reactive ketones (excluding diaryl/α,β-unsaturated/α-hetero) is 1. The fourth-order valence-electron chi connectivity index (χ4n) is 4.00. The molecule has 2 rings (SSSR count). The van der Waals surface area contributed by atoms with Gasteiger partial charge in [0.05, 0.1) is 0 Å². The molecule has 2 fully saturated rings. The quantitative estimate of drug-likeness (QED) is 0.506. The van der Waals surface area contributed by atoms with E-state index in [9.17, 15) is 4.79 Å². The van der Waals surface area contributed by atoms with Crippen LogP contribution in [0.3, 0.4) is 0 Å². The summed E-state index contributed by atoms with van der Waals surface area (Å²) < 4.78 is 5.10. The highest BCUT2D eigenvalue weighted by Gasteiger charge is 2.57. The number of halogens is 2. The van der Waals surface area contributed by atoms with Crippen LogP contribution >= 0.6 is 23.2 Å². The molecule has 0 aromatic heterocycles. The lowest BCUT2D eigenvalue weighted by Gasteiger charge is -2.25. The Balaban J connectivity index is 1.83. The molecule has 128 valence electrons. The molecule has 0 radical (unpaired) electrons. The molecule has 0 saturated heterocycles. The fraction of sp³-hybridized carbons (Fsp3) is 0.941. The predicted octanol–water partition coefficient (Wildman–Crippen LogP) is 4.65. The van der Waals surface area contributed by atoms with Crippen molar-refractivity contribution in [2.45, 2.75) is 81.7 Å². The average Bonchev–Trinajstić information content (AvgIpc) is 2.90. The van der Waals surface area contributed by atoms with Crippen molar-refractivity contribution >= 4 is 38.7 Å². The van der Waals surface area contributed by atoms with Crippen molar-refractivity contribution in [2.75, 3.05) is 0 Å². The van der Waals surface area contributed by atoms with Crippen LogP contribution in [0.25, 0.3) is 0 Å². The zero-order valence-corrected chi connectivity index (χ0v) is 17.3. The summed E-state index contributed by atoms with van der Waals surface area (Å²) in [7, 11) is -0.490. The van der Waals surface area contributed by atoms with Gasteiger partial charge in [0.25, 0.3) is 0 Å². The van der Waals surface area contributed by atoms with Gasteiger partial charge in [-0.1, -0.05) is 50.9 Å². The van der Waals surface area contributed by atoms with Crippen LogP contribution in [0.1, 0.15) is 66.2 Å². The minimum Gasteiger partial charge on any atom is -0.421 e. The number of alkyl halides is 2. The summed E-state index contributed by atoms with van der Waals surface area (Å²) in [5.74, 6) is 1.22. The van der Waals surface area contributed by atoms with Crippen molar-refractivity contribution < 1.29 is 9.22 Å². The molecule has 0 aromatic rings. The van der Waals surface area contributed by atoms with E-state index in [0.29, 0.717) is 29.4 Å². The van der Waals surface area contributed by atoms with E-state index >= 15 is 0 Å². The molecular weight excluding hydrogens is 335 g/mol. The SMILES string of the molecule is CCC(CCC1CCC2C1CC(=O)C2(Cl)Cl)O[SiH2]C(C)(C)C. The average molecular weight is 365 g/mol. The van der Waals surface area contributed by atoms with Crippen molar-refractivity contribution in [1.82, 2.24) is 0 Å². The monoisotopic (exact) mass is 364 g/mol. The Kier molecular flexibility index (Phi) is 6.07. The summed E-state index contributed by atoms with van der Waals surface area (Å²) in [5.41, 5.74) is 0. The maximum atomic E-state index is 12.0. The molecule has 0 amide bonds. The number of rotatable bonds is 6. The molecule has 0 heterocycles. The second kappa shape index (κ2) is 7.12. The van der Waals surface area contributed by atoms with E-state index in [-0.39, 0.29) is 11.7 Å². The van der Waals surface area contributed by atoms with Crippen molar-refractivity contribution in [1.29, 1.82) is 0 Å². The first kappa shape index (κ1) is 18.8. The van der Waals surface area contributed by atoms with E-state index in [0.717, 1.165) is 32.1 Å². The van der Waals surface area contributed by atoms with Gasteiger partial charge in [-0.3, -0.25) is 4.79 Å². The largest absolute Gasteiger partial charge is 0.421 e. The summed E-state index contributed by atoms with van der Waals surface area (Å²) in [6.07, 6.45) is 6.47. The van der Waals surface area contributed by atoms with Gasteiger partial charge in [0, 0.05) is 18.4 Å². The molecule has 0 bridgehead atoms. The van der Waals surface area contributed by atoms with E-state index in [1.165, 1.54) is 0 Å². The number of hydrogen-bond acceptors (Lipinski definition) is 2. The van der Waals surface area contributed by atoms with Crippen LogP contribution in [0.4, 0.5) is 0 Å². The molecule has 0 spiro atoms. The Hall–Kier alpha value is 0.427. The first-order valence-corrected chi connectivity index (χ1v) is 10.7. The molecule has 22 heavy (non-hydrogen) atoms. The Bertz CT molecular complexity index is 406. The van der Waals surface area contributed by atoms with Crippen molar-refractivity contribution in [3.63, 3.8) is 0 Å². The minimum absolute atomic E-state index is 0.0407. The number of fused-ring (bicyclic) bond motifs is 1. The highest BCUT2D eigenvalue weighted by Crippen LogP contribution is 2.56. The van der Waals surface area contributed by atoms with Crippen LogP contribution in [-0.4, -0.2) is 26.0 Å². The van der Waals surface area contributed by atoms with Crippen molar-refractivity contribution in [3.05, 3.63) is 0 Å². The molecular formula is C17H30Cl2O2Si. The Labute approximate surface area is 147 Å². The maximum absolute atomic E-state index is 12.0. The van der Waals surface area contributed by atoms with Gasteiger partial charge in [-0.25, -0.2) is 0 Å². The smallest absolute Gasteiger partial charge is 0.178 e. The van der Waals surface area contributed by atoms with Gasteiger partial charge in [-0.05, 0) is 49.0 Å². The van der Waals surface area contributed by atoms with Crippen LogP contribution in [0.2, 0.25) is 5.04 Å². The lowest BCUT2D eigenvalue weighted by molar-refractivity contribution is -0.118. The first-order valence-electron chi connectivity index (χ1n) is 8.68. The van der Waals surface area contributed by atoms with Crippen LogP contribution in [0.5, 0.6) is 0 Å². The number of carbonyl (C=O) groups is 1. The van der Waals surface area contributed by atoms with Gasteiger partial charge in [-0.2, -0.15) is 0 Å². The van der Waals surface area contributed by atoms with Gasteiger partial charge in [-0.15, -0.1) is 0 Å². The third-order valence-corrected chi connectivity index (χ3v) is 7.78. The Morgan fingerprint density at radius 3 is 2.64 bits per heavy atom. The molecule has 2 saturated carbocycles. The van der Waals surface area contributed by atoms with E-state index in [1.807, 2.05) is 0 Å². The third-order valence-electron chi connectivity index (χ3n) is 5.30. The van der Waals surface area contributed by atoms with E-state index in [2.05, 4.69) is 27.7 Å². The summed E-state index contributed by atoms with van der Waals surface area (Å²) in [5, 5.41) is 0.348. The second-order valence-corrected chi connectivity index (χ2v) is 12.5. The summed E-state index contributed by atoms with van der Waals surface area (Å²) in [6, 6.07) is 0. The number of ketones is 1. The maximum Gasteiger partial charge on any atom is 0.178 e. The Morgan fingerprint density at radius 1 is 1.36 bits per heavy atom. The normalized spacial score (nSPS) is 32.8. The lowest BCUT2D eigenvalue weighted by atomic mass is 9.87. The molecule has 5 heteroatoms. The molecule has 0 N–H and O–H groups in total. The molecule has 2 aliphatic carbocycles. The molecule has 0 aromatic carbocycles. The zero-order valence-electron chi connectivity index (χ0n) is 14.3. The summed E-state index contributed by atoms with van der Waals surface area (Å²) in [4.78, 5) is 12.0. The summed E-state index contributed by atoms with van der Waals surface area (Å²) >= 11 is 12.5. The van der Waals surface area contributed by atoms with Gasteiger partial charge in [0.15, 0.2) is 19.9 Å². The van der Waals surface area contributed by atoms with Gasteiger partial charge in [0.1, 0.15) is 0 Å². The van der Waals surface area contributed by atoms with Crippen LogP contribution < -0.4 is 0 Å². The van der Waals surface area contributed by atoms with Crippen molar-refractivity contribution in [2.24, 2.45) is 17.8 Å². The van der Waals surface area contributed by atoms with Gasteiger partial charge in [0.2, 0.25) is 0 Å². The summed E-state index contributed by atoms with van der Waals surface area (Å²) in [6.45, 7) is 9.00. The van der Waals surface area contributed by atoms with Crippen LogP contribution in [0.15, 0.2) is 0 Å². The zero-order chi connectivity index (χ0) is 16.5. The first-order chi connectivity index (χ1) is 10.1. The highest BCUT2D eigenvalue weighted by atomic mass is 35.5. The third kappa shape index (κ3) is 4.28. The predicted molar refractivity (Wildman–Crippen MR) is 96.4 cm³/mol. The van der Waals surface area contributed by atoms with E-state index in [1.54, 1.807) is 0 Å². The van der Waals surface area contributed by atoms with Gasteiger partial charge >= 0.3 is 0 Å². The number of carbonyl (C=O) groups excluding carboxylic acids is 1. The highest BCUT2D eigenvalue weighted by molar-refractivity contribution is 6.59. The second-order valence-electron chi connectivity index (χ2n) is 8.34. The lowest BCUT2D eigenvalue weighted by Crippen LogP contribution is -2.27. The van der Waals surface area contributed by atoms with Gasteiger partial charge < -0.3 is 4.43 Å². The topological polar surface area (TPSA) is 26.3 Å². The molecule has 0 aliphatic heterocycles. The Morgan fingerprint density at radius 2 is 2.05 bits per heavy atom. The molecule has 2 aliphatic rings. The standard InChI is InChI=1S/C17H30Cl2O2Si/c1-5-12(21-22-16(2,3)4)8-6-11-7-9-14-13(11)10-15(20)17(14,18)19/h11-14H,5-10,22H2,1-4H3. The van der Waals surface area contributed by atoms with Crippen molar-refractivity contribution in [3.8, 4) is 0 Å².